The molecule has 0 spiro atoms. The Kier molecular flexibility index (Phi) is 7.19. The molecule has 1 rings (SSSR count). The van der Waals surface area contributed by atoms with Gasteiger partial charge in [0.25, 0.3) is 0 Å². The fraction of sp³-hybridized carbons (Fsp3) is 1.00. The van der Waals surface area contributed by atoms with Crippen molar-refractivity contribution in [3.63, 3.8) is 0 Å². The summed E-state index contributed by atoms with van der Waals surface area (Å²) in [6.45, 7) is 1.91. The van der Waals surface area contributed by atoms with Crippen LogP contribution in [0.15, 0.2) is 0 Å². The van der Waals surface area contributed by atoms with E-state index in [1.807, 2.05) is 0 Å². The maximum atomic E-state index is 11.9. The predicted octanol–water partition coefficient (Wildman–Crippen LogP) is 1.61. The summed E-state index contributed by atoms with van der Waals surface area (Å²) >= 11 is 0. The van der Waals surface area contributed by atoms with Crippen LogP contribution in [0, 0.1) is 5.92 Å². The number of methoxy groups -OCH3 is 1. The molecule has 1 fully saturated rings. The molecule has 4 nitrogen and oxygen atoms in total. The van der Waals surface area contributed by atoms with Crippen molar-refractivity contribution in [2.24, 2.45) is 5.92 Å². The number of ether oxygens (including phenoxy) is 1. The number of sulfone groups is 1. The summed E-state index contributed by atoms with van der Waals surface area (Å²) in [5, 5.41) is 2.98. The Labute approximate surface area is 111 Å². The highest BCUT2D eigenvalue weighted by atomic mass is 32.2. The predicted molar refractivity (Wildman–Crippen MR) is 74.6 cm³/mol. The second-order valence-corrected chi connectivity index (χ2v) is 7.58. The summed E-state index contributed by atoms with van der Waals surface area (Å²) in [5.74, 6) is 0.331. The molecule has 1 aliphatic carbocycles. The van der Waals surface area contributed by atoms with Gasteiger partial charge in [-0.05, 0) is 18.8 Å². The number of rotatable bonds is 7. The van der Waals surface area contributed by atoms with Gasteiger partial charge in [-0.25, -0.2) is 8.42 Å². The first-order valence-electron chi connectivity index (χ1n) is 6.94. The lowest BCUT2D eigenvalue weighted by molar-refractivity contribution is 0.198. The minimum atomic E-state index is -2.97. The van der Waals surface area contributed by atoms with Crippen molar-refractivity contribution in [3.8, 4) is 0 Å². The van der Waals surface area contributed by atoms with E-state index in [9.17, 15) is 8.42 Å². The maximum Gasteiger partial charge on any atom is 0.151 e. The zero-order valence-corrected chi connectivity index (χ0v) is 12.5. The highest BCUT2D eigenvalue weighted by molar-refractivity contribution is 7.91. The first kappa shape index (κ1) is 15.9. The number of hydrogen-bond donors (Lipinski definition) is 1. The standard InChI is InChI=1S/C13H27NO3S/c1-17-10-9-14-11-13(18(2,15)16)12-7-5-3-4-6-8-12/h12-14H,3-11H2,1-2H3. The van der Waals surface area contributed by atoms with E-state index in [1.54, 1.807) is 7.11 Å². The first-order valence-corrected chi connectivity index (χ1v) is 8.89. The number of hydrogen-bond acceptors (Lipinski definition) is 4. The Morgan fingerprint density at radius 3 is 2.33 bits per heavy atom. The lowest BCUT2D eigenvalue weighted by atomic mass is 9.96. The van der Waals surface area contributed by atoms with Gasteiger partial charge >= 0.3 is 0 Å². The molecule has 1 aliphatic rings. The monoisotopic (exact) mass is 277 g/mol. The molecule has 0 bridgehead atoms. The molecule has 0 aromatic carbocycles. The minimum Gasteiger partial charge on any atom is -0.383 e. The van der Waals surface area contributed by atoms with Gasteiger partial charge in [0.15, 0.2) is 9.84 Å². The summed E-state index contributed by atoms with van der Waals surface area (Å²) < 4.78 is 28.8. The SMILES string of the molecule is COCCNCC(C1CCCCCC1)S(C)(=O)=O. The molecule has 18 heavy (non-hydrogen) atoms. The van der Waals surface area contributed by atoms with Crippen LogP contribution in [0.5, 0.6) is 0 Å². The van der Waals surface area contributed by atoms with Crippen LogP contribution in [0.1, 0.15) is 38.5 Å². The molecule has 1 unspecified atom stereocenters. The number of nitrogens with one attached hydrogen (secondary N) is 1. The van der Waals surface area contributed by atoms with Crippen LogP contribution in [-0.2, 0) is 14.6 Å². The molecule has 0 radical (unpaired) electrons. The first-order chi connectivity index (χ1) is 8.55. The Morgan fingerprint density at radius 1 is 1.22 bits per heavy atom. The second-order valence-electron chi connectivity index (χ2n) is 5.32. The molecule has 5 heteroatoms. The highest BCUT2D eigenvalue weighted by Gasteiger charge is 2.30. The molecule has 0 heterocycles. The van der Waals surface area contributed by atoms with E-state index < -0.39 is 9.84 Å². The van der Waals surface area contributed by atoms with Crippen molar-refractivity contribution in [1.29, 1.82) is 0 Å². The fourth-order valence-electron chi connectivity index (χ4n) is 2.77. The topological polar surface area (TPSA) is 55.4 Å². The summed E-state index contributed by atoms with van der Waals surface area (Å²) in [6.07, 6.45) is 8.35. The van der Waals surface area contributed by atoms with Gasteiger partial charge in [0.2, 0.25) is 0 Å². The van der Waals surface area contributed by atoms with Crippen molar-refractivity contribution in [2.75, 3.05) is 33.1 Å². The molecule has 108 valence electrons. The molecule has 1 N–H and O–H groups in total. The highest BCUT2D eigenvalue weighted by Crippen LogP contribution is 2.28. The molecule has 0 aromatic heterocycles. The maximum absolute atomic E-state index is 11.9. The third-order valence-corrected chi connectivity index (χ3v) is 5.46. The Hall–Kier alpha value is -0.130. The molecule has 0 amide bonds. The van der Waals surface area contributed by atoms with E-state index in [4.69, 9.17) is 4.74 Å². The largest absolute Gasteiger partial charge is 0.383 e. The zero-order valence-electron chi connectivity index (χ0n) is 11.7. The molecule has 1 saturated carbocycles. The van der Waals surface area contributed by atoms with Crippen LogP contribution in [0.25, 0.3) is 0 Å². The van der Waals surface area contributed by atoms with Gasteiger partial charge in [-0.1, -0.05) is 25.7 Å². The normalized spacial score (nSPS) is 20.6. The Balaban J connectivity index is 2.54. The van der Waals surface area contributed by atoms with Crippen LogP contribution in [0.3, 0.4) is 0 Å². The van der Waals surface area contributed by atoms with Gasteiger partial charge in [0.1, 0.15) is 0 Å². The van der Waals surface area contributed by atoms with Crippen LogP contribution in [-0.4, -0.2) is 46.7 Å². The van der Waals surface area contributed by atoms with Crippen molar-refractivity contribution in [1.82, 2.24) is 5.32 Å². The van der Waals surface area contributed by atoms with E-state index in [0.29, 0.717) is 19.1 Å². The van der Waals surface area contributed by atoms with E-state index in [2.05, 4.69) is 5.32 Å². The molecule has 0 aromatic rings. The quantitative estimate of drug-likeness (QED) is 0.567. The van der Waals surface area contributed by atoms with Crippen molar-refractivity contribution < 1.29 is 13.2 Å². The smallest absolute Gasteiger partial charge is 0.151 e. The van der Waals surface area contributed by atoms with Gasteiger partial charge in [0.05, 0.1) is 11.9 Å². The zero-order chi connectivity index (χ0) is 13.4. The summed E-state index contributed by atoms with van der Waals surface area (Å²) in [6, 6.07) is 0. The summed E-state index contributed by atoms with van der Waals surface area (Å²) in [7, 11) is -1.32. The lowest BCUT2D eigenvalue weighted by Crippen LogP contribution is -2.39. The summed E-state index contributed by atoms with van der Waals surface area (Å²) in [5.41, 5.74) is 0. The van der Waals surface area contributed by atoms with E-state index >= 15 is 0 Å². The minimum absolute atomic E-state index is 0.229. The molecular weight excluding hydrogens is 250 g/mol. The van der Waals surface area contributed by atoms with Crippen molar-refractivity contribution >= 4 is 9.84 Å². The average Bonchev–Trinajstić information content (AvgIpc) is 2.56. The summed E-state index contributed by atoms with van der Waals surface area (Å²) in [4.78, 5) is 0. The van der Waals surface area contributed by atoms with Crippen LogP contribution >= 0.6 is 0 Å². The van der Waals surface area contributed by atoms with Gasteiger partial charge in [-0.15, -0.1) is 0 Å². The van der Waals surface area contributed by atoms with Crippen molar-refractivity contribution in [2.45, 2.75) is 43.8 Å². The van der Waals surface area contributed by atoms with Gasteiger partial charge in [0, 0.05) is 26.5 Å². The van der Waals surface area contributed by atoms with E-state index in [1.165, 1.54) is 31.9 Å². The van der Waals surface area contributed by atoms with Gasteiger partial charge in [-0.2, -0.15) is 0 Å². The van der Waals surface area contributed by atoms with E-state index in [0.717, 1.165) is 19.4 Å². The van der Waals surface area contributed by atoms with E-state index in [-0.39, 0.29) is 5.25 Å². The van der Waals surface area contributed by atoms with Gasteiger partial charge < -0.3 is 10.1 Å². The van der Waals surface area contributed by atoms with Crippen molar-refractivity contribution in [3.05, 3.63) is 0 Å². The Bertz CT molecular complexity index is 308. The second kappa shape index (κ2) is 8.12. The lowest BCUT2D eigenvalue weighted by Gasteiger charge is -2.25. The molecule has 0 saturated heterocycles. The van der Waals surface area contributed by atoms with Crippen LogP contribution < -0.4 is 5.32 Å². The fourth-order valence-corrected chi connectivity index (χ4v) is 4.16. The third-order valence-electron chi connectivity index (χ3n) is 3.80. The average molecular weight is 277 g/mol. The van der Waals surface area contributed by atoms with Crippen LogP contribution in [0.2, 0.25) is 0 Å². The van der Waals surface area contributed by atoms with Crippen LogP contribution in [0.4, 0.5) is 0 Å². The molecule has 0 aliphatic heterocycles. The van der Waals surface area contributed by atoms with Gasteiger partial charge in [-0.3, -0.25) is 0 Å². The molecular formula is C13H27NO3S. The molecule has 1 atom stereocenters. The Morgan fingerprint density at radius 2 is 1.83 bits per heavy atom. The third kappa shape index (κ3) is 5.67.